The van der Waals surface area contributed by atoms with E-state index in [4.69, 9.17) is 0 Å². The Hall–Kier alpha value is -3.62. The average molecular weight is 404 g/mol. The fourth-order valence-corrected chi connectivity index (χ4v) is 3.66. The summed E-state index contributed by atoms with van der Waals surface area (Å²) in [5.74, 6) is 1.69. The monoisotopic (exact) mass is 404 g/mol. The van der Waals surface area contributed by atoms with Crippen molar-refractivity contribution in [3.05, 3.63) is 59.9 Å². The molecular formula is C21H21FN8. The van der Waals surface area contributed by atoms with E-state index < -0.39 is 5.82 Å². The van der Waals surface area contributed by atoms with Crippen LogP contribution in [0.5, 0.6) is 0 Å². The third-order valence-corrected chi connectivity index (χ3v) is 5.19. The fourth-order valence-electron chi connectivity index (χ4n) is 3.66. The number of fused-ring (bicyclic) bond motifs is 2. The van der Waals surface area contributed by atoms with E-state index >= 15 is 0 Å². The molecule has 8 nitrogen and oxygen atoms in total. The molecular weight excluding hydrogens is 383 g/mol. The Kier molecular flexibility index (Phi) is 4.50. The Morgan fingerprint density at radius 1 is 1.23 bits per heavy atom. The smallest absolute Gasteiger partial charge is 0.228 e. The second-order valence-electron chi connectivity index (χ2n) is 7.69. The fraction of sp³-hybridized carbons (Fsp3) is 0.286. The van der Waals surface area contributed by atoms with E-state index in [0.717, 1.165) is 23.4 Å². The largest absolute Gasteiger partial charge is 0.368 e. The molecule has 4 aromatic heterocycles. The van der Waals surface area contributed by atoms with E-state index in [0.29, 0.717) is 29.5 Å². The van der Waals surface area contributed by atoms with Crippen molar-refractivity contribution in [3.8, 4) is 11.4 Å². The molecule has 0 spiro atoms. The zero-order valence-electron chi connectivity index (χ0n) is 16.7. The lowest BCUT2D eigenvalue weighted by molar-refractivity contribution is 0.621. The maximum Gasteiger partial charge on any atom is 0.228 e. The second kappa shape index (κ2) is 7.33. The van der Waals surface area contributed by atoms with E-state index in [-0.39, 0.29) is 12.0 Å². The summed E-state index contributed by atoms with van der Waals surface area (Å²) >= 11 is 0. The lowest BCUT2D eigenvalue weighted by atomic mass is 10.0. The van der Waals surface area contributed by atoms with Crippen molar-refractivity contribution in [3.63, 3.8) is 0 Å². The maximum absolute atomic E-state index is 13.8. The van der Waals surface area contributed by atoms with E-state index in [2.05, 4.69) is 55.6 Å². The van der Waals surface area contributed by atoms with E-state index in [1.165, 1.54) is 12.3 Å². The molecule has 30 heavy (non-hydrogen) atoms. The summed E-state index contributed by atoms with van der Waals surface area (Å²) in [5.41, 5.74) is 3.37. The second-order valence-corrected chi connectivity index (χ2v) is 7.69. The molecule has 0 radical (unpaired) electrons. The number of pyridine rings is 2. The highest BCUT2D eigenvalue weighted by molar-refractivity contribution is 5.62. The van der Waals surface area contributed by atoms with Crippen molar-refractivity contribution in [1.29, 1.82) is 0 Å². The number of hydrogen-bond acceptors (Lipinski definition) is 7. The maximum atomic E-state index is 13.8. The topological polar surface area (TPSA) is 92.9 Å². The highest BCUT2D eigenvalue weighted by atomic mass is 19.1. The van der Waals surface area contributed by atoms with Gasteiger partial charge in [-0.1, -0.05) is 19.9 Å². The third-order valence-electron chi connectivity index (χ3n) is 5.19. The summed E-state index contributed by atoms with van der Waals surface area (Å²) < 4.78 is 15.5. The lowest BCUT2D eigenvalue weighted by Gasteiger charge is -2.26. The van der Waals surface area contributed by atoms with Crippen LogP contribution in [-0.4, -0.2) is 42.1 Å². The molecule has 0 aliphatic carbocycles. The summed E-state index contributed by atoms with van der Waals surface area (Å²) in [6.07, 6.45) is 7.12. The average Bonchev–Trinajstić information content (AvgIpc) is 3.18. The van der Waals surface area contributed by atoms with Crippen LogP contribution in [0.1, 0.15) is 30.9 Å². The molecule has 1 atom stereocenters. The van der Waals surface area contributed by atoms with Gasteiger partial charge >= 0.3 is 0 Å². The lowest BCUT2D eigenvalue weighted by Crippen LogP contribution is -2.36. The highest BCUT2D eigenvalue weighted by Gasteiger charge is 2.22. The number of hydrogen-bond donors (Lipinski definition) is 2. The first kappa shape index (κ1) is 18.4. The van der Waals surface area contributed by atoms with Crippen LogP contribution in [0.15, 0.2) is 43.0 Å². The van der Waals surface area contributed by atoms with Gasteiger partial charge in [-0.3, -0.25) is 4.98 Å². The van der Waals surface area contributed by atoms with E-state index in [1.54, 1.807) is 16.9 Å². The summed E-state index contributed by atoms with van der Waals surface area (Å²) in [4.78, 5) is 17.7. The van der Waals surface area contributed by atoms with E-state index in [1.807, 2.05) is 12.3 Å². The number of anilines is 2. The van der Waals surface area contributed by atoms with Crippen LogP contribution in [0.4, 0.5) is 16.2 Å². The summed E-state index contributed by atoms with van der Waals surface area (Å²) in [6.45, 7) is 4.87. The number of rotatable bonds is 4. The minimum atomic E-state index is -0.427. The quantitative estimate of drug-likeness (QED) is 0.539. The van der Waals surface area contributed by atoms with Gasteiger partial charge in [-0.15, -0.1) is 0 Å². The molecule has 1 aliphatic heterocycles. The summed E-state index contributed by atoms with van der Waals surface area (Å²) in [7, 11) is 0. The molecule has 0 unspecified atom stereocenters. The van der Waals surface area contributed by atoms with Gasteiger partial charge in [0.2, 0.25) is 5.95 Å². The van der Waals surface area contributed by atoms with Crippen LogP contribution >= 0.6 is 0 Å². The highest BCUT2D eigenvalue weighted by Crippen LogP contribution is 2.26. The predicted molar refractivity (Wildman–Crippen MR) is 112 cm³/mol. The molecule has 5 rings (SSSR count). The van der Waals surface area contributed by atoms with Gasteiger partial charge in [-0.05, 0) is 30.0 Å². The Morgan fingerprint density at radius 2 is 2.13 bits per heavy atom. The number of aromatic nitrogens is 6. The number of nitrogens with one attached hydrogen (secondary N) is 2. The van der Waals surface area contributed by atoms with Crippen LogP contribution in [0.3, 0.4) is 0 Å². The van der Waals surface area contributed by atoms with Crippen LogP contribution in [0.25, 0.3) is 17.0 Å². The van der Waals surface area contributed by atoms with Crippen LogP contribution in [0, 0.1) is 5.82 Å². The van der Waals surface area contributed by atoms with Gasteiger partial charge in [0.25, 0.3) is 0 Å². The molecule has 5 heterocycles. The minimum Gasteiger partial charge on any atom is -0.368 e. The standard InChI is InChI=1S/C21H21FN8/c1-12(2)17-11-26-30-20(17)28-19(14-6-15(22)9-23-8-14)29-21(30)27-16-7-13-4-3-5-24-18(13)25-10-16/h3-6,8-9,11-12,16H,7,10H2,1-2H3,(H,24,25)(H,27,28,29)/t16-/m1/s1. The van der Waals surface area contributed by atoms with Crippen LogP contribution in [0.2, 0.25) is 0 Å². The van der Waals surface area contributed by atoms with Crippen molar-refractivity contribution in [2.24, 2.45) is 0 Å². The third kappa shape index (κ3) is 3.32. The number of nitrogens with zero attached hydrogens (tertiary/aromatic N) is 6. The first-order valence-corrected chi connectivity index (χ1v) is 9.89. The molecule has 0 amide bonds. The van der Waals surface area contributed by atoms with Crippen LogP contribution < -0.4 is 10.6 Å². The van der Waals surface area contributed by atoms with Crippen LogP contribution in [-0.2, 0) is 6.42 Å². The molecule has 0 bridgehead atoms. The van der Waals surface area contributed by atoms with Crippen molar-refractivity contribution in [2.75, 3.05) is 17.2 Å². The van der Waals surface area contributed by atoms with Crippen molar-refractivity contribution in [1.82, 2.24) is 29.5 Å². The Balaban J connectivity index is 1.57. The number of halogens is 1. The molecule has 0 saturated carbocycles. The summed E-state index contributed by atoms with van der Waals surface area (Å²) in [5, 5.41) is 11.3. The van der Waals surface area contributed by atoms with Gasteiger partial charge in [-0.25, -0.2) is 14.4 Å². The van der Waals surface area contributed by atoms with Gasteiger partial charge in [0.05, 0.1) is 18.4 Å². The van der Waals surface area contributed by atoms with Crippen molar-refractivity contribution < 1.29 is 4.39 Å². The zero-order valence-corrected chi connectivity index (χ0v) is 16.7. The summed E-state index contributed by atoms with van der Waals surface area (Å²) in [6, 6.07) is 5.47. The zero-order chi connectivity index (χ0) is 20.7. The van der Waals surface area contributed by atoms with Gasteiger partial charge in [-0.2, -0.15) is 14.6 Å². The molecule has 152 valence electrons. The minimum absolute atomic E-state index is 0.0879. The van der Waals surface area contributed by atoms with Gasteiger partial charge < -0.3 is 10.6 Å². The Bertz CT molecular complexity index is 1220. The SMILES string of the molecule is CC(C)c1cnn2c(N[C@H]3CNc4ncccc4C3)nc(-c3cncc(F)c3)nc12. The predicted octanol–water partition coefficient (Wildman–Crippen LogP) is 3.29. The molecule has 0 saturated heterocycles. The molecule has 0 fully saturated rings. The molecule has 0 aromatic carbocycles. The van der Waals surface area contributed by atoms with Crippen molar-refractivity contribution in [2.45, 2.75) is 32.2 Å². The molecule has 4 aromatic rings. The first-order chi connectivity index (χ1) is 14.6. The van der Waals surface area contributed by atoms with Gasteiger partial charge in [0.1, 0.15) is 11.6 Å². The van der Waals surface area contributed by atoms with Crippen molar-refractivity contribution >= 4 is 17.4 Å². The Morgan fingerprint density at radius 3 is 2.97 bits per heavy atom. The van der Waals surface area contributed by atoms with Gasteiger partial charge in [0.15, 0.2) is 11.5 Å². The van der Waals surface area contributed by atoms with Gasteiger partial charge in [0, 0.05) is 30.1 Å². The normalized spacial score (nSPS) is 15.8. The Labute approximate surface area is 172 Å². The molecule has 1 aliphatic rings. The molecule has 2 N–H and O–H groups in total. The molecule has 9 heteroatoms. The van der Waals surface area contributed by atoms with E-state index in [9.17, 15) is 4.39 Å². The first-order valence-electron chi connectivity index (χ1n) is 9.89.